The van der Waals surface area contributed by atoms with Crippen molar-refractivity contribution in [2.75, 3.05) is 0 Å². The molecule has 0 radical (unpaired) electrons. The van der Waals surface area contributed by atoms with Gasteiger partial charge in [0.2, 0.25) is 0 Å². The van der Waals surface area contributed by atoms with Crippen LogP contribution in [0.5, 0.6) is 0 Å². The van der Waals surface area contributed by atoms with Crippen LogP contribution in [0.2, 0.25) is 0 Å². The monoisotopic (exact) mass is 188 g/mol. The zero-order chi connectivity index (χ0) is 9.97. The van der Waals surface area contributed by atoms with Crippen LogP contribution >= 0.6 is 0 Å². The van der Waals surface area contributed by atoms with Crippen LogP contribution in [0.1, 0.15) is 31.4 Å². The fourth-order valence-electron chi connectivity index (χ4n) is 1.99. The van der Waals surface area contributed by atoms with Gasteiger partial charge in [-0.2, -0.15) is 0 Å². The molecule has 0 aromatic heterocycles. The van der Waals surface area contributed by atoms with Gasteiger partial charge in [-0.25, -0.2) is 0 Å². The summed E-state index contributed by atoms with van der Waals surface area (Å²) < 4.78 is 5.88. The van der Waals surface area contributed by atoms with E-state index in [0.717, 1.165) is 12.8 Å². The second kappa shape index (κ2) is 3.97. The van der Waals surface area contributed by atoms with E-state index in [2.05, 4.69) is 37.8 Å². The predicted molar refractivity (Wildman–Crippen MR) is 58.1 cm³/mol. The van der Waals surface area contributed by atoms with Crippen LogP contribution in [0.4, 0.5) is 0 Å². The summed E-state index contributed by atoms with van der Waals surface area (Å²) in [5, 5.41) is 0. The lowest BCUT2D eigenvalue weighted by molar-refractivity contribution is -0.0224. The van der Waals surface area contributed by atoms with Crippen molar-refractivity contribution in [3.8, 4) is 0 Å². The van der Waals surface area contributed by atoms with Gasteiger partial charge in [-0.1, -0.05) is 42.5 Å². The highest BCUT2D eigenvalue weighted by molar-refractivity contribution is 5.20. The molecule has 1 fully saturated rings. The van der Waals surface area contributed by atoms with Crippen LogP contribution in [0.3, 0.4) is 0 Å². The van der Waals surface area contributed by atoms with E-state index in [4.69, 9.17) is 4.74 Å². The number of hydrogen-bond donors (Lipinski definition) is 0. The summed E-state index contributed by atoms with van der Waals surface area (Å²) in [5.41, 5.74) is 2.57. The molecule has 0 amide bonds. The Morgan fingerprint density at radius 2 is 1.93 bits per heavy atom. The minimum Gasteiger partial charge on any atom is -0.370 e. The Morgan fingerprint density at radius 1 is 1.21 bits per heavy atom. The first-order valence-corrected chi connectivity index (χ1v) is 5.13. The molecular weight excluding hydrogens is 172 g/mol. The minimum absolute atomic E-state index is 0.215. The normalized spacial score (nSPS) is 27.6. The predicted octanol–water partition coefficient (Wildman–Crippen LogP) is 3.48. The number of rotatable bonds is 1. The first-order valence-electron chi connectivity index (χ1n) is 5.13. The summed E-state index contributed by atoms with van der Waals surface area (Å²) in [5.74, 6) is 0. The van der Waals surface area contributed by atoms with Crippen molar-refractivity contribution in [3.63, 3.8) is 0 Å². The standard InChI is InChI=1S/C13H16O/c1-10-8-11(2)14-13(9-10)12-6-4-3-5-7-12/h3-7,11,13H,1,8-9H2,2H3/t11-,13-/m1/s1. The molecule has 1 heteroatoms. The molecule has 1 saturated heterocycles. The summed E-state index contributed by atoms with van der Waals surface area (Å²) in [6.45, 7) is 6.17. The van der Waals surface area contributed by atoms with Gasteiger partial charge in [0.1, 0.15) is 0 Å². The second-order valence-corrected chi connectivity index (χ2v) is 4.00. The fraction of sp³-hybridized carbons (Fsp3) is 0.385. The van der Waals surface area contributed by atoms with E-state index < -0.39 is 0 Å². The third-order valence-corrected chi connectivity index (χ3v) is 2.62. The van der Waals surface area contributed by atoms with Crippen molar-refractivity contribution < 1.29 is 4.74 Å². The maximum Gasteiger partial charge on any atom is 0.0865 e. The van der Waals surface area contributed by atoms with Crippen LogP contribution in [0.25, 0.3) is 0 Å². The molecular formula is C13H16O. The molecule has 0 spiro atoms. The summed E-state index contributed by atoms with van der Waals surface area (Å²) in [6, 6.07) is 10.4. The zero-order valence-electron chi connectivity index (χ0n) is 8.57. The molecule has 1 heterocycles. The Labute approximate surface area is 85.4 Å². The van der Waals surface area contributed by atoms with E-state index in [1.165, 1.54) is 11.1 Å². The number of hydrogen-bond acceptors (Lipinski definition) is 1. The van der Waals surface area contributed by atoms with E-state index in [-0.39, 0.29) is 6.10 Å². The van der Waals surface area contributed by atoms with Crippen LogP contribution in [-0.2, 0) is 4.74 Å². The van der Waals surface area contributed by atoms with Crippen molar-refractivity contribution in [1.82, 2.24) is 0 Å². The van der Waals surface area contributed by atoms with Gasteiger partial charge in [-0.3, -0.25) is 0 Å². The highest BCUT2D eigenvalue weighted by Gasteiger charge is 2.22. The molecule has 1 nitrogen and oxygen atoms in total. The molecule has 1 aliphatic rings. The topological polar surface area (TPSA) is 9.23 Å². The Hall–Kier alpha value is -1.08. The van der Waals surface area contributed by atoms with E-state index in [0.29, 0.717) is 6.10 Å². The third kappa shape index (κ3) is 2.05. The average molecular weight is 188 g/mol. The lowest BCUT2D eigenvalue weighted by atomic mass is 9.95. The Bertz CT molecular complexity index is 315. The molecule has 0 aliphatic carbocycles. The highest BCUT2D eigenvalue weighted by atomic mass is 16.5. The van der Waals surface area contributed by atoms with E-state index in [9.17, 15) is 0 Å². The summed E-state index contributed by atoms with van der Waals surface area (Å²) in [7, 11) is 0. The summed E-state index contributed by atoms with van der Waals surface area (Å²) in [6.07, 6.45) is 2.49. The molecule has 14 heavy (non-hydrogen) atoms. The van der Waals surface area contributed by atoms with Gasteiger partial charge >= 0.3 is 0 Å². The Balaban J connectivity index is 2.15. The summed E-state index contributed by atoms with van der Waals surface area (Å²) >= 11 is 0. The van der Waals surface area contributed by atoms with Crippen molar-refractivity contribution >= 4 is 0 Å². The van der Waals surface area contributed by atoms with Crippen molar-refractivity contribution in [2.45, 2.75) is 32.0 Å². The van der Waals surface area contributed by atoms with Gasteiger partial charge in [0, 0.05) is 0 Å². The first-order chi connectivity index (χ1) is 6.75. The summed E-state index contributed by atoms with van der Waals surface area (Å²) in [4.78, 5) is 0. The van der Waals surface area contributed by atoms with Crippen molar-refractivity contribution in [3.05, 3.63) is 48.0 Å². The van der Waals surface area contributed by atoms with Gasteiger partial charge in [-0.15, -0.1) is 0 Å². The first kappa shape index (κ1) is 9.47. The second-order valence-electron chi connectivity index (χ2n) is 4.00. The fourth-order valence-corrected chi connectivity index (χ4v) is 1.99. The molecule has 1 aromatic carbocycles. The van der Waals surface area contributed by atoms with Gasteiger partial charge in [-0.05, 0) is 25.3 Å². The third-order valence-electron chi connectivity index (χ3n) is 2.62. The molecule has 0 N–H and O–H groups in total. The lowest BCUT2D eigenvalue weighted by Crippen LogP contribution is -2.20. The van der Waals surface area contributed by atoms with Crippen molar-refractivity contribution in [1.29, 1.82) is 0 Å². The maximum atomic E-state index is 5.88. The molecule has 0 bridgehead atoms. The van der Waals surface area contributed by atoms with Crippen LogP contribution in [0, 0.1) is 0 Å². The van der Waals surface area contributed by atoms with Crippen LogP contribution in [-0.4, -0.2) is 6.10 Å². The highest BCUT2D eigenvalue weighted by Crippen LogP contribution is 2.33. The van der Waals surface area contributed by atoms with Crippen molar-refractivity contribution in [2.24, 2.45) is 0 Å². The Kier molecular flexibility index (Phi) is 2.69. The maximum absolute atomic E-state index is 5.88. The average Bonchev–Trinajstić information content (AvgIpc) is 2.18. The van der Waals surface area contributed by atoms with Gasteiger partial charge in [0.25, 0.3) is 0 Å². The van der Waals surface area contributed by atoms with Gasteiger partial charge < -0.3 is 4.74 Å². The molecule has 2 atom stereocenters. The van der Waals surface area contributed by atoms with E-state index in [1.54, 1.807) is 0 Å². The SMILES string of the molecule is C=C1C[C@@H](C)O[C@@H](c2ccccc2)C1. The van der Waals surface area contributed by atoms with Crippen LogP contribution in [0.15, 0.2) is 42.5 Å². The van der Waals surface area contributed by atoms with E-state index >= 15 is 0 Å². The molecule has 1 aromatic rings. The smallest absolute Gasteiger partial charge is 0.0865 e. The van der Waals surface area contributed by atoms with Gasteiger partial charge in [0.15, 0.2) is 0 Å². The number of ether oxygens (including phenoxy) is 1. The largest absolute Gasteiger partial charge is 0.370 e. The molecule has 74 valence electrons. The Morgan fingerprint density at radius 3 is 2.57 bits per heavy atom. The van der Waals surface area contributed by atoms with Crippen LogP contribution < -0.4 is 0 Å². The van der Waals surface area contributed by atoms with Gasteiger partial charge in [0.05, 0.1) is 12.2 Å². The zero-order valence-corrected chi connectivity index (χ0v) is 8.57. The van der Waals surface area contributed by atoms with E-state index in [1.807, 2.05) is 6.07 Å². The number of benzene rings is 1. The minimum atomic E-state index is 0.215. The molecule has 0 saturated carbocycles. The molecule has 1 aliphatic heterocycles. The molecule has 2 rings (SSSR count). The molecule has 0 unspecified atom stereocenters. The quantitative estimate of drug-likeness (QED) is 0.613. The lowest BCUT2D eigenvalue weighted by Gasteiger charge is -2.29.